The van der Waals surface area contributed by atoms with Crippen molar-refractivity contribution >= 4 is 5.91 Å². The molecule has 0 bridgehead atoms. The molecule has 2 aromatic rings. The predicted molar refractivity (Wildman–Crippen MR) is 97.9 cm³/mol. The van der Waals surface area contributed by atoms with E-state index in [9.17, 15) is 4.79 Å². The van der Waals surface area contributed by atoms with Crippen molar-refractivity contribution in [2.24, 2.45) is 7.05 Å². The van der Waals surface area contributed by atoms with Crippen molar-refractivity contribution < 1.29 is 4.79 Å². The Morgan fingerprint density at radius 2 is 1.84 bits per heavy atom. The van der Waals surface area contributed by atoms with Crippen molar-refractivity contribution in [2.75, 3.05) is 6.54 Å². The zero-order chi connectivity index (χ0) is 17.9. The minimum absolute atomic E-state index is 0.158. The van der Waals surface area contributed by atoms with E-state index in [1.165, 1.54) is 29.8 Å². The Morgan fingerprint density at radius 3 is 2.44 bits per heavy atom. The van der Waals surface area contributed by atoms with E-state index in [-0.39, 0.29) is 11.9 Å². The number of hydrogen-bond acceptors (Lipinski definition) is 2. The summed E-state index contributed by atoms with van der Waals surface area (Å²) in [7, 11) is 1.98. The first-order valence-electron chi connectivity index (χ1n) is 9.39. The molecule has 1 unspecified atom stereocenters. The Bertz CT molecular complexity index is 840. The zero-order valence-corrected chi connectivity index (χ0v) is 16.0. The van der Waals surface area contributed by atoms with Crippen LogP contribution in [0.2, 0.25) is 0 Å². The van der Waals surface area contributed by atoms with Gasteiger partial charge in [0.15, 0.2) is 0 Å². The monoisotopic (exact) mass is 340 g/mol. The van der Waals surface area contributed by atoms with Gasteiger partial charge in [0.2, 0.25) is 0 Å². The van der Waals surface area contributed by atoms with Crippen LogP contribution in [0.15, 0.2) is 6.07 Å². The summed E-state index contributed by atoms with van der Waals surface area (Å²) in [5.41, 5.74) is 6.70. The molecule has 3 heterocycles. The summed E-state index contributed by atoms with van der Waals surface area (Å²) in [6.07, 6.45) is 4.57. The lowest BCUT2D eigenvalue weighted by atomic mass is 10.0. The van der Waals surface area contributed by atoms with Gasteiger partial charge in [-0.25, -0.2) is 0 Å². The number of carbonyl (C=O) groups is 1. The van der Waals surface area contributed by atoms with Crippen LogP contribution in [0.5, 0.6) is 0 Å². The van der Waals surface area contributed by atoms with Crippen molar-refractivity contribution in [3.8, 4) is 0 Å². The summed E-state index contributed by atoms with van der Waals surface area (Å²) in [6, 6.07) is 2.86. The standard InChI is InChI=1S/C20H28N4O/c1-12-11-17(14(3)24(12)16-8-9-16)20(25)23-10-6-7-18(23)19-13(2)21-22(5)15(19)4/h11,16,18H,6-10H2,1-5H3. The second-order valence-electron chi connectivity index (χ2n) is 7.75. The van der Waals surface area contributed by atoms with Crippen molar-refractivity contribution in [1.29, 1.82) is 0 Å². The number of nitrogens with zero attached hydrogens (tertiary/aromatic N) is 4. The number of hydrogen-bond donors (Lipinski definition) is 0. The minimum Gasteiger partial charge on any atom is -0.345 e. The van der Waals surface area contributed by atoms with E-state index in [4.69, 9.17) is 0 Å². The Balaban J connectivity index is 1.69. The minimum atomic E-state index is 0.158. The highest BCUT2D eigenvalue weighted by Crippen LogP contribution is 2.40. The molecule has 1 atom stereocenters. The van der Waals surface area contributed by atoms with E-state index in [0.29, 0.717) is 6.04 Å². The molecule has 0 N–H and O–H groups in total. The molecule has 1 amide bonds. The third kappa shape index (κ3) is 2.52. The molecular weight excluding hydrogens is 312 g/mol. The van der Waals surface area contributed by atoms with Gasteiger partial charge < -0.3 is 9.47 Å². The molecule has 5 nitrogen and oxygen atoms in total. The molecule has 4 rings (SSSR count). The summed E-state index contributed by atoms with van der Waals surface area (Å²) in [5, 5.41) is 4.56. The second-order valence-corrected chi connectivity index (χ2v) is 7.75. The van der Waals surface area contributed by atoms with Crippen LogP contribution < -0.4 is 0 Å². The average molecular weight is 340 g/mol. The van der Waals surface area contributed by atoms with Gasteiger partial charge in [-0.05, 0) is 59.4 Å². The lowest BCUT2D eigenvalue weighted by Crippen LogP contribution is -2.31. The van der Waals surface area contributed by atoms with Crippen LogP contribution in [-0.4, -0.2) is 31.7 Å². The van der Waals surface area contributed by atoms with Crippen molar-refractivity contribution in [2.45, 2.75) is 65.5 Å². The van der Waals surface area contributed by atoms with E-state index >= 15 is 0 Å². The maximum Gasteiger partial charge on any atom is 0.256 e. The first-order chi connectivity index (χ1) is 11.9. The zero-order valence-electron chi connectivity index (χ0n) is 16.0. The fourth-order valence-electron chi connectivity index (χ4n) is 4.63. The third-order valence-corrected chi connectivity index (χ3v) is 6.04. The molecule has 0 aromatic carbocycles. The molecule has 5 heteroatoms. The van der Waals surface area contributed by atoms with Crippen LogP contribution >= 0.6 is 0 Å². The first kappa shape index (κ1) is 16.4. The molecule has 2 aromatic heterocycles. The number of aromatic nitrogens is 3. The van der Waals surface area contributed by atoms with E-state index in [1.807, 2.05) is 11.7 Å². The van der Waals surface area contributed by atoms with Crippen LogP contribution in [-0.2, 0) is 7.05 Å². The normalized spacial score (nSPS) is 20.5. The van der Waals surface area contributed by atoms with Crippen LogP contribution in [0.4, 0.5) is 0 Å². The van der Waals surface area contributed by atoms with E-state index in [0.717, 1.165) is 36.3 Å². The fraction of sp³-hybridized carbons (Fsp3) is 0.600. The summed E-state index contributed by atoms with van der Waals surface area (Å²) < 4.78 is 4.30. The van der Waals surface area contributed by atoms with E-state index in [1.54, 1.807) is 0 Å². The van der Waals surface area contributed by atoms with Crippen LogP contribution in [0.25, 0.3) is 0 Å². The summed E-state index contributed by atoms with van der Waals surface area (Å²) in [5.74, 6) is 0.185. The molecule has 1 aliphatic carbocycles. The van der Waals surface area contributed by atoms with E-state index < -0.39 is 0 Å². The van der Waals surface area contributed by atoms with Crippen molar-refractivity contribution in [3.05, 3.63) is 40.0 Å². The van der Waals surface area contributed by atoms with E-state index in [2.05, 4.69) is 48.3 Å². The SMILES string of the molecule is Cc1nn(C)c(C)c1C1CCCN1C(=O)c1cc(C)n(C2CC2)c1C. The van der Waals surface area contributed by atoms with Crippen LogP contribution in [0.3, 0.4) is 0 Å². The van der Waals surface area contributed by atoms with Gasteiger partial charge in [-0.2, -0.15) is 5.10 Å². The van der Waals surface area contributed by atoms with Crippen molar-refractivity contribution in [3.63, 3.8) is 0 Å². The fourth-order valence-corrected chi connectivity index (χ4v) is 4.63. The summed E-state index contributed by atoms with van der Waals surface area (Å²) in [4.78, 5) is 15.5. The van der Waals surface area contributed by atoms with Gasteiger partial charge in [-0.3, -0.25) is 9.48 Å². The number of likely N-dealkylation sites (tertiary alicyclic amines) is 1. The maximum atomic E-state index is 13.4. The Hall–Kier alpha value is -2.04. The molecular formula is C20H28N4O. The lowest BCUT2D eigenvalue weighted by molar-refractivity contribution is 0.0734. The van der Waals surface area contributed by atoms with Crippen LogP contribution in [0, 0.1) is 27.7 Å². The molecule has 1 aliphatic heterocycles. The van der Waals surface area contributed by atoms with Gasteiger partial charge in [0.1, 0.15) is 0 Å². The number of rotatable bonds is 3. The first-order valence-corrected chi connectivity index (χ1v) is 9.39. The summed E-state index contributed by atoms with van der Waals surface area (Å²) >= 11 is 0. The number of carbonyl (C=O) groups excluding carboxylic acids is 1. The van der Waals surface area contributed by atoms with Gasteiger partial charge >= 0.3 is 0 Å². The number of amides is 1. The molecule has 2 aliphatic rings. The van der Waals surface area contributed by atoms with Gasteiger partial charge in [-0.1, -0.05) is 0 Å². The molecule has 1 saturated carbocycles. The number of aryl methyl sites for hydroxylation is 3. The van der Waals surface area contributed by atoms with Gasteiger partial charge in [0.25, 0.3) is 5.91 Å². The molecule has 0 spiro atoms. The molecule has 2 fully saturated rings. The predicted octanol–water partition coefficient (Wildman–Crippen LogP) is 3.77. The molecule has 0 radical (unpaired) electrons. The van der Waals surface area contributed by atoms with Crippen LogP contribution in [0.1, 0.15) is 76.5 Å². The average Bonchev–Trinajstić information content (AvgIpc) is 3.11. The Morgan fingerprint density at radius 1 is 1.12 bits per heavy atom. The maximum absolute atomic E-state index is 13.4. The summed E-state index contributed by atoms with van der Waals surface area (Å²) in [6.45, 7) is 9.23. The topological polar surface area (TPSA) is 43.1 Å². The highest BCUT2D eigenvalue weighted by atomic mass is 16.2. The molecule has 134 valence electrons. The lowest BCUT2D eigenvalue weighted by Gasteiger charge is -2.25. The van der Waals surface area contributed by atoms with Crippen molar-refractivity contribution in [1.82, 2.24) is 19.2 Å². The van der Waals surface area contributed by atoms with Gasteiger partial charge in [0.05, 0.1) is 17.3 Å². The third-order valence-electron chi connectivity index (χ3n) is 6.04. The Kier molecular flexibility index (Phi) is 3.78. The second kappa shape index (κ2) is 5.75. The molecule has 1 saturated heterocycles. The van der Waals surface area contributed by atoms with Gasteiger partial charge in [0, 0.05) is 42.3 Å². The quantitative estimate of drug-likeness (QED) is 0.854. The highest BCUT2D eigenvalue weighted by molar-refractivity contribution is 5.96. The molecule has 25 heavy (non-hydrogen) atoms. The largest absolute Gasteiger partial charge is 0.345 e. The highest BCUT2D eigenvalue weighted by Gasteiger charge is 2.36. The van der Waals surface area contributed by atoms with Gasteiger partial charge in [-0.15, -0.1) is 0 Å². The smallest absolute Gasteiger partial charge is 0.256 e. The Labute approximate surface area is 149 Å².